The molecule has 1 aliphatic rings. The lowest BCUT2D eigenvalue weighted by Gasteiger charge is -2.06. The minimum atomic E-state index is 0.353. The summed E-state index contributed by atoms with van der Waals surface area (Å²) in [4.78, 5) is 0. The maximum Gasteiger partial charge on any atom is 0.119 e. The lowest BCUT2D eigenvalue weighted by Crippen LogP contribution is -2.02. The molecule has 1 aromatic rings. The third-order valence-electron chi connectivity index (χ3n) is 2.86. The molecular weight excluding hydrogens is 178 g/mol. The number of ether oxygens (including phenoxy) is 1. The summed E-state index contributed by atoms with van der Waals surface area (Å²) in [5.41, 5.74) is 6.54. The number of benzene rings is 1. The second-order valence-electron chi connectivity index (χ2n) is 3.76. The van der Waals surface area contributed by atoms with Gasteiger partial charge in [0, 0.05) is 5.56 Å². The van der Waals surface area contributed by atoms with Gasteiger partial charge < -0.3 is 15.6 Å². The minimum absolute atomic E-state index is 0.353. The monoisotopic (exact) mass is 193 g/mol. The Kier molecular flexibility index (Phi) is 2.33. The number of aromatic hydroxyl groups is 1. The van der Waals surface area contributed by atoms with Crippen LogP contribution >= 0.6 is 0 Å². The zero-order valence-corrected chi connectivity index (χ0v) is 8.23. The Hall–Kier alpha value is -1.22. The fourth-order valence-corrected chi connectivity index (χ4v) is 1.85. The molecule has 0 radical (unpaired) electrons. The van der Waals surface area contributed by atoms with Crippen LogP contribution in [0.2, 0.25) is 0 Å². The van der Waals surface area contributed by atoms with E-state index in [1.54, 1.807) is 19.2 Å². The summed E-state index contributed by atoms with van der Waals surface area (Å²) < 4.78 is 5.11. The SMILES string of the molecule is COc1ccc(O)c(C2CC2CN)c1. The highest BCUT2D eigenvalue weighted by atomic mass is 16.5. The number of hydrogen-bond acceptors (Lipinski definition) is 3. The van der Waals surface area contributed by atoms with Crippen molar-refractivity contribution in [2.75, 3.05) is 13.7 Å². The highest BCUT2D eigenvalue weighted by Crippen LogP contribution is 2.50. The molecule has 3 nitrogen and oxygen atoms in total. The van der Waals surface area contributed by atoms with Gasteiger partial charge in [-0.15, -0.1) is 0 Å². The van der Waals surface area contributed by atoms with Gasteiger partial charge in [-0.3, -0.25) is 0 Å². The zero-order valence-electron chi connectivity index (χ0n) is 8.23. The van der Waals surface area contributed by atoms with Crippen LogP contribution in [-0.4, -0.2) is 18.8 Å². The predicted molar refractivity (Wildman–Crippen MR) is 54.6 cm³/mol. The Morgan fingerprint density at radius 1 is 1.57 bits per heavy atom. The van der Waals surface area contributed by atoms with Crippen molar-refractivity contribution in [2.45, 2.75) is 12.3 Å². The first-order valence-corrected chi connectivity index (χ1v) is 4.83. The molecule has 1 fully saturated rings. The Bertz CT molecular complexity index is 338. The van der Waals surface area contributed by atoms with Gasteiger partial charge in [0.25, 0.3) is 0 Å². The molecule has 0 aromatic heterocycles. The second kappa shape index (κ2) is 3.50. The van der Waals surface area contributed by atoms with Crippen LogP contribution < -0.4 is 10.5 Å². The summed E-state index contributed by atoms with van der Waals surface area (Å²) in [6.45, 7) is 0.696. The van der Waals surface area contributed by atoms with Gasteiger partial charge in [0.2, 0.25) is 0 Å². The number of rotatable bonds is 3. The Balaban J connectivity index is 2.24. The van der Waals surface area contributed by atoms with Gasteiger partial charge in [-0.1, -0.05) is 0 Å². The van der Waals surface area contributed by atoms with Crippen molar-refractivity contribution in [2.24, 2.45) is 11.7 Å². The van der Waals surface area contributed by atoms with E-state index in [0.29, 0.717) is 24.1 Å². The van der Waals surface area contributed by atoms with E-state index < -0.39 is 0 Å². The molecule has 0 amide bonds. The van der Waals surface area contributed by atoms with E-state index in [-0.39, 0.29) is 0 Å². The Morgan fingerprint density at radius 2 is 2.36 bits per heavy atom. The average molecular weight is 193 g/mol. The van der Waals surface area contributed by atoms with E-state index in [4.69, 9.17) is 10.5 Å². The molecule has 0 bridgehead atoms. The highest BCUT2D eigenvalue weighted by Gasteiger charge is 2.38. The average Bonchev–Trinajstić information content (AvgIpc) is 2.98. The van der Waals surface area contributed by atoms with Crippen molar-refractivity contribution in [3.05, 3.63) is 23.8 Å². The molecule has 0 heterocycles. The third-order valence-corrected chi connectivity index (χ3v) is 2.86. The van der Waals surface area contributed by atoms with Crippen LogP contribution in [0.25, 0.3) is 0 Å². The summed E-state index contributed by atoms with van der Waals surface area (Å²) in [6, 6.07) is 5.34. The molecule has 0 saturated heterocycles. The number of methoxy groups -OCH3 is 1. The van der Waals surface area contributed by atoms with Gasteiger partial charge in [-0.2, -0.15) is 0 Å². The first-order chi connectivity index (χ1) is 6.76. The van der Waals surface area contributed by atoms with Crippen molar-refractivity contribution in [1.82, 2.24) is 0 Å². The number of hydrogen-bond donors (Lipinski definition) is 2. The van der Waals surface area contributed by atoms with Gasteiger partial charge in [0.1, 0.15) is 11.5 Å². The van der Waals surface area contributed by atoms with Crippen molar-refractivity contribution in [3.63, 3.8) is 0 Å². The van der Waals surface area contributed by atoms with Crippen LogP contribution in [0.5, 0.6) is 11.5 Å². The van der Waals surface area contributed by atoms with Crippen LogP contribution in [0.1, 0.15) is 17.9 Å². The second-order valence-corrected chi connectivity index (χ2v) is 3.76. The summed E-state index contributed by atoms with van der Waals surface area (Å²) in [5.74, 6) is 2.11. The van der Waals surface area contributed by atoms with Gasteiger partial charge in [-0.05, 0) is 43.0 Å². The molecule has 76 valence electrons. The fraction of sp³-hybridized carbons (Fsp3) is 0.455. The van der Waals surface area contributed by atoms with E-state index in [1.807, 2.05) is 6.07 Å². The van der Waals surface area contributed by atoms with Gasteiger partial charge in [0.05, 0.1) is 7.11 Å². The normalized spacial score (nSPS) is 24.7. The summed E-state index contributed by atoms with van der Waals surface area (Å²) in [5, 5.41) is 9.66. The van der Waals surface area contributed by atoms with E-state index >= 15 is 0 Å². The summed E-state index contributed by atoms with van der Waals surface area (Å²) in [6.07, 6.45) is 1.08. The van der Waals surface area contributed by atoms with Crippen LogP contribution in [0, 0.1) is 5.92 Å². The molecule has 2 unspecified atom stereocenters. The van der Waals surface area contributed by atoms with E-state index in [1.165, 1.54) is 0 Å². The third kappa shape index (κ3) is 1.55. The fourth-order valence-electron chi connectivity index (χ4n) is 1.85. The first-order valence-electron chi connectivity index (χ1n) is 4.83. The molecule has 1 saturated carbocycles. The number of phenolic OH excluding ortho intramolecular Hbond substituents is 1. The molecule has 3 heteroatoms. The molecule has 1 aromatic carbocycles. The van der Waals surface area contributed by atoms with Crippen LogP contribution in [-0.2, 0) is 0 Å². The largest absolute Gasteiger partial charge is 0.508 e. The lowest BCUT2D eigenvalue weighted by molar-refractivity contribution is 0.410. The minimum Gasteiger partial charge on any atom is -0.508 e. The lowest BCUT2D eigenvalue weighted by atomic mass is 10.1. The van der Waals surface area contributed by atoms with Crippen molar-refractivity contribution in [1.29, 1.82) is 0 Å². The highest BCUT2D eigenvalue weighted by molar-refractivity contribution is 5.44. The summed E-state index contributed by atoms with van der Waals surface area (Å²) in [7, 11) is 1.63. The topological polar surface area (TPSA) is 55.5 Å². The molecular formula is C11H15NO2. The predicted octanol–water partition coefficient (Wildman–Crippen LogP) is 1.46. The van der Waals surface area contributed by atoms with Gasteiger partial charge in [-0.25, -0.2) is 0 Å². The van der Waals surface area contributed by atoms with Crippen LogP contribution in [0.15, 0.2) is 18.2 Å². The van der Waals surface area contributed by atoms with Crippen LogP contribution in [0.3, 0.4) is 0 Å². The molecule has 2 rings (SSSR count). The zero-order chi connectivity index (χ0) is 10.1. The van der Waals surface area contributed by atoms with E-state index in [0.717, 1.165) is 17.7 Å². The van der Waals surface area contributed by atoms with Crippen LogP contribution in [0.4, 0.5) is 0 Å². The smallest absolute Gasteiger partial charge is 0.119 e. The van der Waals surface area contributed by atoms with E-state index in [9.17, 15) is 5.11 Å². The maximum atomic E-state index is 9.66. The van der Waals surface area contributed by atoms with Crippen molar-refractivity contribution in [3.8, 4) is 11.5 Å². The number of nitrogens with two attached hydrogens (primary N) is 1. The maximum absolute atomic E-state index is 9.66. The first kappa shape index (κ1) is 9.34. The quantitative estimate of drug-likeness (QED) is 0.764. The molecule has 0 aliphatic heterocycles. The number of phenols is 1. The molecule has 14 heavy (non-hydrogen) atoms. The van der Waals surface area contributed by atoms with Gasteiger partial charge >= 0.3 is 0 Å². The summed E-state index contributed by atoms with van der Waals surface area (Å²) >= 11 is 0. The van der Waals surface area contributed by atoms with Gasteiger partial charge in [0.15, 0.2) is 0 Å². The molecule has 1 aliphatic carbocycles. The van der Waals surface area contributed by atoms with E-state index in [2.05, 4.69) is 0 Å². The standard InChI is InChI=1S/C11H15NO2/c1-14-8-2-3-11(13)10(5-8)9-4-7(9)6-12/h2-3,5,7,9,13H,4,6,12H2,1H3. The molecule has 3 N–H and O–H groups in total. The Morgan fingerprint density at radius 3 is 2.93 bits per heavy atom. The molecule has 2 atom stereocenters. The Labute approximate surface area is 83.5 Å². The van der Waals surface area contributed by atoms with Crippen molar-refractivity contribution < 1.29 is 9.84 Å². The van der Waals surface area contributed by atoms with Crippen molar-refractivity contribution >= 4 is 0 Å². The molecule has 0 spiro atoms.